The van der Waals surface area contributed by atoms with E-state index in [0.717, 1.165) is 0 Å². The quantitative estimate of drug-likeness (QED) is 0.914. The van der Waals surface area contributed by atoms with Crippen LogP contribution >= 0.6 is 11.6 Å². The van der Waals surface area contributed by atoms with Gasteiger partial charge in [-0.2, -0.15) is 0 Å². The fourth-order valence-electron chi connectivity index (χ4n) is 1.71. The average molecular weight is 299 g/mol. The molecule has 2 aromatic carbocycles. The summed E-state index contributed by atoms with van der Waals surface area (Å²) in [5.74, 6) is -1.19. The van der Waals surface area contributed by atoms with Crippen molar-refractivity contribution in [1.82, 2.24) is 0 Å². The molecule has 0 spiro atoms. The highest BCUT2D eigenvalue weighted by Crippen LogP contribution is 2.24. The van der Waals surface area contributed by atoms with Crippen LogP contribution in [-0.4, -0.2) is 5.11 Å². The van der Waals surface area contributed by atoms with Gasteiger partial charge in [0.2, 0.25) is 0 Å². The first-order chi connectivity index (χ1) is 9.49. The summed E-state index contributed by atoms with van der Waals surface area (Å²) in [6.45, 7) is 1.41. The van der Waals surface area contributed by atoms with Gasteiger partial charge in [-0.1, -0.05) is 29.8 Å². The molecular weight excluding hydrogens is 286 g/mol. The van der Waals surface area contributed by atoms with Crippen LogP contribution in [0.1, 0.15) is 24.2 Å². The van der Waals surface area contributed by atoms with E-state index < -0.39 is 17.7 Å². The molecule has 0 fully saturated rings. The molecule has 0 heterocycles. The van der Waals surface area contributed by atoms with Gasteiger partial charge in [-0.05, 0) is 30.7 Å². The van der Waals surface area contributed by atoms with Crippen LogP contribution in [0.2, 0.25) is 5.02 Å². The summed E-state index contributed by atoms with van der Waals surface area (Å²) in [5, 5.41) is 9.34. The molecule has 0 aromatic heterocycles. The van der Waals surface area contributed by atoms with Crippen molar-refractivity contribution in [1.29, 1.82) is 0 Å². The third-order valence-corrected chi connectivity index (χ3v) is 3.14. The fourth-order valence-corrected chi connectivity index (χ4v) is 1.90. The second kappa shape index (κ2) is 6.20. The smallest absolute Gasteiger partial charge is 0.165 e. The van der Waals surface area contributed by atoms with Gasteiger partial charge in [-0.15, -0.1) is 0 Å². The predicted molar refractivity (Wildman–Crippen MR) is 72.8 cm³/mol. The lowest BCUT2D eigenvalue weighted by Crippen LogP contribution is -2.01. The van der Waals surface area contributed by atoms with Gasteiger partial charge in [0.25, 0.3) is 0 Å². The Kier molecular flexibility index (Phi) is 4.57. The fraction of sp³-hybridized carbons (Fsp3) is 0.200. The second-order valence-electron chi connectivity index (χ2n) is 4.37. The monoisotopic (exact) mass is 298 g/mol. The average Bonchev–Trinajstić information content (AvgIpc) is 2.41. The van der Waals surface area contributed by atoms with Gasteiger partial charge in [0.15, 0.2) is 11.6 Å². The first-order valence-corrected chi connectivity index (χ1v) is 6.40. The third kappa shape index (κ3) is 3.26. The van der Waals surface area contributed by atoms with Crippen molar-refractivity contribution in [3.05, 3.63) is 64.2 Å². The summed E-state index contributed by atoms with van der Waals surface area (Å²) >= 11 is 5.65. The molecule has 106 valence electrons. The van der Waals surface area contributed by atoms with Crippen LogP contribution in [0.15, 0.2) is 36.4 Å². The van der Waals surface area contributed by atoms with Crippen LogP contribution < -0.4 is 4.74 Å². The number of ether oxygens (including phenoxy) is 1. The molecule has 1 unspecified atom stereocenters. The lowest BCUT2D eigenvalue weighted by Gasteiger charge is -2.11. The zero-order valence-corrected chi connectivity index (χ0v) is 11.5. The van der Waals surface area contributed by atoms with Gasteiger partial charge in [-0.25, -0.2) is 8.78 Å². The molecule has 1 N–H and O–H groups in total. The Bertz CT molecular complexity index is 615. The van der Waals surface area contributed by atoms with E-state index in [4.69, 9.17) is 16.3 Å². The van der Waals surface area contributed by atoms with Crippen molar-refractivity contribution in [3.63, 3.8) is 0 Å². The maximum absolute atomic E-state index is 13.7. The largest absolute Gasteiger partial charge is 0.486 e. The summed E-state index contributed by atoms with van der Waals surface area (Å²) in [4.78, 5) is 0. The molecule has 5 heteroatoms. The second-order valence-corrected chi connectivity index (χ2v) is 4.77. The Labute approximate surface area is 120 Å². The van der Waals surface area contributed by atoms with Gasteiger partial charge in [-0.3, -0.25) is 0 Å². The Morgan fingerprint density at radius 1 is 1.25 bits per heavy atom. The van der Waals surface area contributed by atoms with Gasteiger partial charge >= 0.3 is 0 Å². The van der Waals surface area contributed by atoms with Crippen molar-refractivity contribution < 1.29 is 18.6 Å². The van der Waals surface area contributed by atoms with E-state index in [1.54, 1.807) is 12.1 Å². The zero-order chi connectivity index (χ0) is 14.7. The molecule has 2 nitrogen and oxygen atoms in total. The van der Waals surface area contributed by atoms with Crippen molar-refractivity contribution >= 4 is 11.6 Å². The van der Waals surface area contributed by atoms with Crippen molar-refractivity contribution in [2.24, 2.45) is 0 Å². The molecule has 0 saturated heterocycles. The summed E-state index contributed by atoms with van der Waals surface area (Å²) in [7, 11) is 0. The molecule has 0 amide bonds. The van der Waals surface area contributed by atoms with E-state index in [2.05, 4.69) is 0 Å². The molecular formula is C15H13ClF2O2. The lowest BCUT2D eigenvalue weighted by atomic mass is 10.1. The molecule has 20 heavy (non-hydrogen) atoms. The van der Waals surface area contributed by atoms with Crippen molar-refractivity contribution in [2.75, 3.05) is 0 Å². The van der Waals surface area contributed by atoms with Gasteiger partial charge in [0.05, 0.1) is 11.1 Å². The Morgan fingerprint density at radius 3 is 2.65 bits per heavy atom. The Hall–Kier alpha value is -1.65. The Morgan fingerprint density at radius 2 is 2.00 bits per heavy atom. The van der Waals surface area contributed by atoms with Crippen LogP contribution in [-0.2, 0) is 6.61 Å². The van der Waals surface area contributed by atoms with E-state index in [0.29, 0.717) is 5.56 Å². The highest BCUT2D eigenvalue weighted by atomic mass is 35.5. The molecule has 2 rings (SSSR count). The maximum atomic E-state index is 13.7. The number of aliphatic hydroxyl groups is 1. The summed E-state index contributed by atoms with van der Waals surface area (Å²) in [5.41, 5.74) is 0.695. The number of hydrogen-bond donors (Lipinski definition) is 1. The summed E-state index contributed by atoms with van der Waals surface area (Å²) < 4.78 is 32.6. The number of halogens is 3. The predicted octanol–water partition coefficient (Wildman–Crippen LogP) is 4.25. The molecule has 0 bridgehead atoms. The van der Waals surface area contributed by atoms with Crippen molar-refractivity contribution in [2.45, 2.75) is 19.6 Å². The third-order valence-electron chi connectivity index (χ3n) is 2.85. The molecule has 0 aliphatic carbocycles. The molecule has 2 aromatic rings. The zero-order valence-electron chi connectivity index (χ0n) is 10.7. The summed E-state index contributed by atoms with van der Waals surface area (Å²) in [6.07, 6.45) is -0.760. The normalized spacial score (nSPS) is 12.2. The molecule has 0 saturated carbocycles. The first-order valence-electron chi connectivity index (χ1n) is 6.02. The van der Waals surface area contributed by atoms with E-state index >= 15 is 0 Å². The number of hydrogen-bond acceptors (Lipinski definition) is 2. The molecule has 0 radical (unpaired) electrons. The SMILES string of the molecule is CC(O)c1ccc(OCc2cccc(Cl)c2F)c(F)c1. The number of rotatable bonds is 4. The van der Waals surface area contributed by atoms with Gasteiger partial charge in [0, 0.05) is 5.56 Å². The lowest BCUT2D eigenvalue weighted by molar-refractivity contribution is 0.198. The summed E-state index contributed by atoms with van der Waals surface area (Å²) in [6, 6.07) is 8.68. The van der Waals surface area contributed by atoms with Gasteiger partial charge in [0.1, 0.15) is 12.4 Å². The standard InChI is InChI=1S/C15H13ClF2O2/c1-9(19)10-5-6-14(13(17)7-10)20-8-11-3-2-4-12(16)15(11)18/h2-7,9,19H,8H2,1H3. The molecule has 0 aliphatic heterocycles. The van der Waals surface area contributed by atoms with E-state index in [1.807, 2.05) is 0 Å². The highest BCUT2D eigenvalue weighted by Gasteiger charge is 2.10. The van der Waals surface area contributed by atoms with Crippen LogP contribution in [0.3, 0.4) is 0 Å². The number of aliphatic hydroxyl groups excluding tert-OH is 1. The minimum Gasteiger partial charge on any atom is -0.486 e. The van der Waals surface area contributed by atoms with Crippen molar-refractivity contribution in [3.8, 4) is 5.75 Å². The van der Waals surface area contributed by atoms with E-state index in [9.17, 15) is 13.9 Å². The minimum absolute atomic E-state index is 0.00368. The number of benzene rings is 2. The van der Waals surface area contributed by atoms with Crippen LogP contribution in [0, 0.1) is 11.6 Å². The van der Waals surface area contributed by atoms with Gasteiger partial charge < -0.3 is 9.84 Å². The molecule has 0 aliphatic rings. The van der Waals surface area contributed by atoms with E-state index in [-0.39, 0.29) is 22.9 Å². The van der Waals surface area contributed by atoms with E-state index in [1.165, 1.54) is 31.2 Å². The highest BCUT2D eigenvalue weighted by molar-refractivity contribution is 6.30. The van der Waals surface area contributed by atoms with Crippen LogP contribution in [0.5, 0.6) is 5.75 Å². The minimum atomic E-state index is -0.760. The van der Waals surface area contributed by atoms with Crippen LogP contribution in [0.25, 0.3) is 0 Å². The maximum Gasteiger partial charge on any atom is 0.165 e. The first kappa shape index (κ1) is 14.8. The molecule has 1 atom stereocenters. The van der Waals surface area contributed by atoms with Crippen LogP contribution in [0.4, 0.5) is 8.78 Å². The topological polar surface area (TPSA) is 29.5 Å². The Balaban J connectivity index is 2.13.